The van der Waals surface area contributed by atoms with Crippen molar-refractivity contribution >= 4 is 6.34 Å². The molecule has 28 valence electrons. The Morgan fingerprint density at radius 3 is 3.00 bits per heavy atom. The molecule has 0 aliphatic carbocycles. The van der Waals surface area contributed by atoms with E-state index in [4.69, 9.17) is 0 Å². The molecule has 3 heteroatoms. The molecule has 0 saturated carbocycles. The molecule has 0 amide bonds. The molecule has 1 aliphatic rings. The van der Waals surface area contributed by atoms with Crippen LogP contribution in [0, 0.1) is 0 Å². The summed E-state index contributed by atoms with van der Waals surface area (Å²) >= 11 is 0. The fraction of sp³-hybridized carbons (Fsp3) is 0.500. The van der Waals surface area contributed by atoms with Gasteiger partial charge in [0.25, 0.3) is 0 Å². The first kappa shape index (κ1) is 2.66. The average molecular weight is 72.1 g/mol. The summed E-state index contributed by atoms with van der Waals surface area (Å²) < 4.78 is 0. The highest BCUT2D eigenvalue weighted by atomic mass is 15.4. The third-order valence-corrected chi connectivity index (χ3v) is 0.467. The standard InChI is InChI=1S/C2H5N3/c1-3-2-5-4-1/h1,5H,2H2,(H,3,4)/p+1. The van der Waals surface area contributed by atoms with Crippen molar-refractivity contribution in [3.05, 3.63) is 0 Å². The summed E-state index contributed by atoms with van der Waals surface area (Å²) in [5, 5.41) is 0. The first-order valence-corrected chi connectivity index (χ1v) is 1.53. The lowest BCUT2D eigenvalue weighted by molar-refractivity contribution is -0.446. The molecule has 0 bridgehead atoms. The summed E-state index contributed by atoms with van der Waals surface area (Å²) in [6, 6.07) is 0. The van der Waals surface area contributed by atoms with E-state index in [0.717, 1.165) is 6.67 Å². The number of hydrogen-bond acceptors (Lipinski definition) is 2. The normalized spacial score (nSPS) is 19.2. The highest BCUT2D eigenvalue weighted by molar-refractivity contribution is 5.46. The summed E-state index contributed by atoms with van der Waals surface area (Å²) in [6.07, 6.45) is 1.75. The van der Waals surface area contributed by atoms with Crippen LogP contribution in [-0.4, -0.2) is 13.0 Å². The fourth-order valence-electron chi connectivity index (χ4n) is 0.255. The SMILES string of the molecule is C1=[NH+]CNN1. The highest BCUT2D eigenvalue weighted by Gasteiger charge is 1.87. The zero-order valence-corrected chi connectivity index (χ0v) is 2.78. The Kier molecular flexibility index (Phi) is 0.548. The molecule has 1 rings (SSSR count). The van der Waals surface area contributed by atoms with Crippen LogP contribution in [0.4, 0.5) is 0 Å². The lowest BCUT2D eigenvalue weighted by atomic mass is 11.2. The van der Waals surface area contributed by atoms with Gasteiger partial charge in [-0.2, -0.15) is 5.43 Å². The first-order valence-electron chi connectivity index (χ1n) is 1.53. The average Bonchev–Trinajstić information content (AvgIpc) is 1.76. The zero-order valence-electron chi connectivity index (χ0n) is 2.78. The van der Waals surface area contributed by atoms with Gasteiger partial charge in [0.1, 0.15) is 0 Å². The quantitative estimate of drug-likeness (QED) is 0.288. The van der Waals surface area contributed by atoms with Gasteiger partial charge in [0.2, 0.25) is 6.34 Å². The van der Waals surface area contributed by atoms with Gasteiger partial charge in [-0.05, 0) is 0 Å². The number of rotatable bonds is 0. The summed E-state index contributed by atoms with van der Waals surface area (Å²) in [5.41, 5.74) is 5.54. The lowest BCUT2D eigenvalue weighted by Crippen LogP contribution is -2.67. The minimum absolute atomic E-state index is 0.833. The van der Waals surface area contributed by atoms with Crippen molar-refractivity contribution in [2.24, 2.45) is 0 Å². The van der Waals surface area contributed by atoms with E-state index in [9.17, 15) is 0 Å². The number of nitrogens with one attached hydrogen (secondary N) is 3. The molecule has 0 aromatic carbocycles. The molecule has 1 heterocycles. The Balaban J connectivity index is 2.32. The highest BCUT2D eigenvalue weighted by Crippen LogP contribution is 1.26. The van der Waals surface area contributed by atoms with E-state index in [2.05, 4.69) is 15.8 Å². The van der Waals surface area contributed by atoms with Gasteiger partial charge < -0.3 is 0 Å². The molecule has 0 unspecified atom stereocenters. The maximum Gasteiger partial charge on any atom is 0.249 e. The van der Waals surface area contributed by atoms with Gasteiger partial charge >= 0.3 is 0 Å². The van der Waals surface area contributed by atoms with Crippen LogP contribution in [-0.2, 0) is 0 Å². The van der Waals surface area contributed by atoms with Crippen molar-refractivity contribution in [2.75, 3.05) is 6.67 Å². The Bertz CT molecular complexity index is 42.9. The van der Waals surface area contributed by atoms with Gasteiger partial charge in [0.15, 0.2) is 6.67 Å². The molecule has 1 aliphatic heterocycles. The van der Waals surface area contributed by atoms with Crippen LogP contribution in [0.2, 0.25) is 0 Å². The van der Waals surface area contributed by atoms with Gasteiger partial charge in [0.05, 0.1) is 0 Å². The monoisotopic (exact) mass is 72.1 g/mol. The van der Waals surface area contributed by atoms with Crippen molar-refractivity contribution in [3.8, 4) is 0 Å². The maximum atomic E-state index is 2.88. The van der Waals surface area contributed by atoms with Crippen molar-refractivity contribution in [1.82, 2.24) is 10.9 Å². The summed E-state index contributed by atoms with van der Waals surface area (Å²) in [6.45, 7) is 0.833. The topological polar surface area (TPSA) is 38.0 Å². The van der Waals surface area contributed by atoms with Crippen LogP contribution in [0.25, 0.3) is 0 Å². The van der Waals surface area contributed by atoms with E-state index < -0.39 is 0 Å². The molecule has 5 heavy (non-hydrogen) atoms. The van der Waals surface area contributed by atoms with Gasteiger partial charge in [-0.1, -0.05) is 0 Å². The third-order valence-electron chi connectivity index (χ3n) is 0.467. The second kappa shape index (κ2) is 1.03. The van der Waals surface area contributed by atoms with Crippen LogP contribution >= 0.6 is 0 Å². The van der Waals surface area contributed by atoms with Crippen LogP contribution in [0.15, 0.2) is 0 Å². The third kappa shape index (κ3) is 0.357. The Hall–Kier alpha value is -0.570. The van der Waals surface area contributed by atoms with E-state index in [1.807, 2.05) is 0 Å². The minimum Gasteiger partial charge on any atom is -0.263 e. The molecule has 0 saturated heterocycles. The zero-order chi connectivity index (χ0) is 3.54. The van der Waals surface area contributed by atoms with Crippen LogP contribution in [0.3, 0.4) is 0 Å². The molecule has 3 nitrogen and oxygen atoms in total. The first-order chi connectivity index (χ1) is 2.50. The van der Waals surface area contributed by atoms with Crippen molar-refractivity contribution in [3.63, 3.8) is 0 Å². The molecule has 0 spiro atoms. The smallest absolute Gasteiger partial charge is 0.249 e. The molecule has 0 radical (unpaired) electrons. The molecular formula is C2H6N3+. The molecule has 3 N–H and O–H groups in total. The predicted molar refractivity (Wildman–Crippen MR) is 18.2 cm³/mol. The summed E-state index contributed by atoms with van der Waals surface area (Å²) in [5.74, 6) is 0. The van der Waals surface area contributed by atoms with E-state index in [1.54, 1.807) is 6.34 Å². The Morgan fingerprint density at radius 1 is 1.80 bits per heavy atom. The van der Waals surface area contributed by atoms with Crippen LogP contribution in [0.5, 0.6) is 0 Å². The van der Waals surface area contributed by atoms with Gasteiger partial charge in [0, 0.05) is 0 Å². The Morgan fingerprint density at radius 2 is 2.80 bits per heavy atom. The van der Waals surface area contributed by atoms with Crippen LogP contribution < -0.4 is 15.8 Å². The number of hydrazine groups is 1. The molecular weight excluding hydrogens is 66.0 g/mol. The van der Waals surface area contributed by atoms with E-state index in [0.29, 0.717) is 0 Å². The molecule has 0 fully saturated rings. The summed E-state index contributed by atoms with van der Waals surface area (Å²) in [4.78, 5) is 2.88. The lowest BCUT2D eigenvalue weighted by Gasteiger charge is -1.71. The predicted octanol–water partition coefficient (Wildman–Crippen LogP) is -2.84. The van der Waals surface area contributed by atoms with E-state index in [1.165, 1.54) is 0 Å². The van der Waals surface area contributed by atoms with Gasteiger partial charge in [-0.3, -0.25) is 4.99 Å². The van der Waals surface area contributed by atoms with Gasteiger partial charge in [-0.25, -0.2) is 0 Å². The van der Waals surface area contributed by atoms with Crippen molar-refractivity contribution in [1.29, 1.82) is 0 Å². The van der Waals surface area contributed by atoms with E-state index >= 15 is 0 Å². The fourth-order valence-corrected chi connectivity index (χ4v) is 0.255. The number of hydrogen-bond donors (Lipinski definition) is 3. The minimum atomic E-state index is 0.833. The molecule has 0 aromatic rings. The second-order valence-corrected chi connectivity index (χ2v) is 0.846. The van der Waals surface area contributed by atoms with E-state index in [-0.39, 0.29) is 0 Å². The van der Waals surface area contributed by atoms with Gasteiger partial charge in [-0.15, -0.1) is 5.43 Å². The van der Waals surface area contributed by atoms with Crippen molar-refractivity contribution < 1.29 is 4.99 Å². The summed E-state index contributed by atoms with van der Waals surface area (Å²) in [7, 11) is 0. The maximum absolute atomic E-state index is 2.88. The van der Waals surface area contributed by atoms with Crippen molar-refractivity contribution in [2.45, 2.75) is 0 Å². The molecule has 0 atom stereocenters. The molecule has 0 aromatic heterocycles. The van der Waals surface area contributed by atoms with Crippen LogP contribution in [0.1, 0.15) is 0 Å². The largest absolute Gasteiger partial charge is 0.263 e. The second-order valence-electron chi connectivity index (χ2n) is 0.846. The Labute approximate surface area is 30.1 Å².